The monoisotopic (exact) mass is 375 g/mol. The highest BCUT2D eigenvalue weighted by Crippen LogP contribution is 2.17. The van der Waals surface area contributed by atoms with Gasteiger partial charge in [0.1, 0.15) is 6.04 Å². The Morgan fingerprint density at radius 3 is 2.27 bits per heavy atom. The number of rotatable bonds is 8. The second-order valence-corrected chi connectivity index (χ2v) is 8.01. The fourth-order valence-corrected chi connectivity index (χ4v) is 3.61. The number of aryl methyl sites for hydroxylation is 1. The number of carboxylic acid groups (broad SMARTS) is 1. The van der Waals surface area contributed by atoms with Crippen LogP contribution in [0.5, 0.6) is 0 Å². The molecule has 0 heterocycles. The highest BCUT2D eigenvalue weighted by atomic mass is 32.2. The van der Waals surface area contributed by atoms with E-state index in [-0.39, 0.29) is 24.2 Å². The first-order valence-corrected chi connectivity index (χ1v) is 10.0. The van der Waals surface area contributed by atoms with E-state index in [2.05, 4.69) is 5.32 Å². The molecule has 1 unspecified atom stereocenters. The van der Waals surface area contributed by atoms with Gasteiger partial charge >= 0.3 is 5.97 Å². The standard InChI is InChI=1S/C19H21NO5S/c1-26(24,25)17-10-6-5-9-15(17)11-12-18(21)20-16(19(22)23)13-14-7-3-2-4-8-14/h2-10,16H,11-13H2,1H3,(H,20,21)(H,22,23). The summed E-state index contributed by atoms with van der Waals surface area (Å²) in [4.78, 5) is 23.8. The fourth-order valence-electron chi connectivity index (χ4n) is 2.64. The van der Waals surface area contributed by atoms with Gasteiger partial charge in [0.25, 0.3) is 0 Å². The molecule has 0 aliphatic rings. The van der Waals surface area contributed by atoms with E-state index in [1.807, 2.05) is 6.07 Å². The average molecular weight is 375 g/mol. The van der Waals surface area contributed by atoms with Crippen molar-refractivity contribution < 1.29 is 23.1 Å². The maximum atomic E-state index is 12.2. The van der Waals surface area contributed by atoms with Crippen molar-refractivity contribution in [1.82, 2.24) is 5.32 Å². The van der Waals surface area contributed by atoms with Crippen molar-refractivity contribution >= 4 is 21.7 Å². The van der Waals surface area contributed by atoms with Gasteiger partial charge in [-0.05, 0) is 23.6 Å². The largest absolute Gasteiger partial charge is 0.480 e. The molecular weight excluding hydrogens is 354 g/mol. The topological polar surface area (TPSA) is 101 Å². The van der Waals surface area contributed by atoms with Gasteiger partial charge in [-0.2, -0.15) is 0 Å². The molecule has 2 N–H and O–H groups in total. The summed E-state index contributed by atoms with van der Waals surface area (Å²) in [5, 5.41) is 11.8. The van der Waals surface area contributed by atoms with E-state index in [1.54, 1.807) is 42.5 Å². The average Bonchev–Trinajstić information content (AvgIpc) is 2.59. The molecule has 1 atom stereocenters. The summed E-state index contributed by atoms with van der Waals surface area (Å²) >= 11 is 0. The van der Waals surface area contributed by atoms with Gasteiger partial charge < -0.3 is 10.4 Å². The van der Waals surface area contributed by atoms with Crippen LogP contribution in [-0.2, 0) is 32.3 Å². The molecule has 0 aliphatic heterocycles. The van der Waals surface area contributed by atoms with E-state index in [4.69, 9.17) is 0 Å². The molecule has 2 aromatic carbocycles. The van der Waals surface area contributed by atoms with Crippen molar-refractivity contribution in [3.63, 3.8) is 0 Å². The summed E-state index contributed by atoms with van der Waals surface area (Å²) in [6.07, 6.45) is 1.52. The van der Waals surface area contributed by atoms with Gasteiger partial charge in [-0.25, -0.2) is 13.2 Å². The van der Waals surface area contributed by atoms with Gasteiger partial charge in [-0.3, -0.25) is 4.79 Å². The Hall–Kier alpha value is -2.67. The zero-order valence-corrected chi connectivity index (χ0v) is 15.2. The number of carbonyl (C=O) groups is 2. The summed E-state index contributed by atoms with van der Waals surface area (Å²) in [7, 11) is -3.38. The van der Waals surface area contributed by atoms with Crippen LogP contribution in [0.25, 0.3) is 0 Å². The first kappa shape index (κ1) is 19.7. The van der Waals surface area contributed by atoms with E-state index in [0.29, 0.717) is 5.56 Å². The Bertz CT molecular complexity index is 878. The maximum absolute atomic E-state index is 12.2. The molecule has 7 heteroatoms. The number of sulfone groups is 1. The van der Waals surface area contributed by atoms with Crippen LogP contribution >= 0.6 is 0 Å². The number of carbonyl (C=O) groups excluding carboxylic acids is 1. The van der Waals surface area contributed by atoms with Crippen LogP contribution in [0, 0.1) is 0 Å². The van der Waals surface area contributed by atoms with Gasteiger partial charge in [-0.15, -0.1) is 0 Å². The number of carboxylic acids is 1. The minimum atomic E-state index is -3.38. The van der Waals surface area contributed by atoms with Crippen LogP contribution in [0.2, 0.25) is 0 Å². The van der Waals surface area contributed by atoms with Gasteiger partial charge in [0.2, 0.25) is 5.91 Å². The Morgan fingerprint density at radius 1 is 1.04 bits per heavy atom. The van der Waals surface area contributed by atoms with E-state index in [1.165, 1.54) is 6.07 Å². The zero-order chi connectivity index (χ0) is 19.2. The summed E-state index contributed by atoms with van der Waals surface area (Å²) in [5.74, 6) is -1.55. The number of aliphatic carboxylic acids is 1. The molecule has 138 valence electrons. The molecule has 2 rings (SSSR count). The Balaban J connectivity index is 2.00. The van der Waals surface area contributed by atoms with Crippen molar-refractivity contribution in [3.8, 4) is 0 Å². The van der Waals surface area contributed by atoms with Gasteiger partial charge in [-0.1, -0.05) is 48.5 Å². The minimum Gasteiger partial charge on any atom is -0.480 e. The van der Waals surface area contributed by atoms with Gasteiger partial charge in [0.15, 0.2) is 9.84 Å². The highest BCUT2D eigenvalue weighted by Gasteiger charge is 2.21. The third-order valence-electron chi connectivity index (χ3n) is 3.91. The van der Waals surface area contributed by atoms with Gasteiger partial charge in [0, 0.05) is 19.1 Å². The fraction of sp³-hybridized carbons (Fsp3) is 0.263. The normalized spacial score (nSPS) is 12.3. The van der Waals surface area contributed by atoms with Crippen molar-refractivity contribution in [2.75, 3.05) is 6.26 Å². The lowest BCUT2D eigenvalue weighted by Gasteiger charge is -2.15. The molecular formula is C19H21NO5S. The second-order valence-electron chi connectivity index (χ2n) is 6.03. The van der Waals surface area contributed by atoms with E-state index in [0.717, 1.165) is 11.8 Å². The van der Waals surface area contributed by atoms with Crippen LogP contribution in [0.4, 0.5) is 0 Å². The lowest BCUT2D eigenvalue weighted by atomic mass is 10.1. The van der Waals surface area contributed by atoms with Crippen molar-refractivity contribution in [1.29, 1.82) is 0 Å². The van der Waals surface area contributed by atoms with E-state index < -0.39 is 27.8 Å². The van der Waals surface area contributed by atoms with E-state index in [9.17, 15) is 23.1 Å². The molecule has 6 nitrogen and oxygen atoms in total. The van der Waals surface area contributed by atoms with Crippen molar-refractivity contribution in [2.45, 2.75) is 30.2 Å². The maximum Gasteiger partial charge on any atom is 0.326 e. The van der Waals surface area contributed by atoms with Crippen LogP contribution in [0.15, 0.2) is 59.5 Å². The molecule has 0 radical (unpaired) electrons. The Labute approximate surface area is 152 Å². The molecule has 1 amide bonds. The number of benzene rings is 2. The Kier molecular flexibility index (Phi) is 6.52. The summed E-state index contributed by atoms with van der Waals surface area (Å²) in [5.41, 5.74) is 1.35. The van der Waals surface area contributed by atoms with E-state index >= 15 is 0 Å². The number of nitrogens with one attached hydrogen (secondary N) is 1. The van der Waals surface area contributed by atoms with Crippen LogP contribution in [0.1, 0.15) is 17.5 Å². The third kappa shape index (κ3) is 5.70. The predicted molar refractivity (Wildman–Crippen MR) is 97.6 cm³/mol. The quantitative estimate of drug-likeness (QED) is 0.733. The molecule has 0 aromatic heterocycles. The third-order valence-corrected chi connectivity index (χ3v) is 5.11. The van der Waals surface area contributed by atoms with Crippen LogP contribution in [0.3, 0.4) is 0 Å². The number of hydrogen-bond donors (Lipinski definition) is 2. The zero-order valence-electron chi connectivity index (χ0n) is 14.4. The van der Waals surface area contributed by atoms with Gasteiger partial charge in [0.05, 0.1) is 4.90 Å². The molecule has 2 aromatic rings. The lowest BCUT2D eigenvalue weighted by Crippen LogP contribution is -2.42. The lowest BCUT2D eigenvalue weighted by molar-refractivity contribution is -0.141. The summed E-state index contributed by atoms with van der Waals surface area (Å²) in [6.45, 7) is 0. The Morgan fingerprint density at radius 2 is 1.65 bits per heavy atom. The van der Waals surface area contributed by atoms with Crippen molar-refractivity contribution in [2.24, 2.45) is 0 Å². The number of amides is 1. The molecule has 0 fully saturated rings. The first-order chi connectivity index (χ1) is 12.3. The molecule has 0 saturated carbocycles. The van der Waals surface area contributed by atoms with Crippen molar-refractivity contribution in [3.05, 3.63) is 65.7 Å². The minimum absolute atomic E-state index is 0.00506. The molecule has 26 heavy (non-hydrogen) atoms. The first-order valence-electron chi connectivity index (χ1n) is 8.11. The molecule has 0 bridgehead atoms. The number of hydrogen-bond acceptors (Lipinski definition) is 4. The summed E-state index contributed by atoms with van der Waals surface area (Å²) in [6, 6.07) is 14.5. The second kappa shape index (κ2) is 8.62. The smallest absolute Gasteiger partial charge is 0.326 e. The summed E-state index contributed by atoms with van der Waals surface area (Å²) < 4.78 is 23.6. The predicted octanol–water partition coefficient (Wildman–Crippen LogP) is 1.83. The SMILES string of the molecule is CS(=O)(=O)c1ccccc1CCC(=O)NC(Cc1ccccc1)C(=O)O. The molecule has 0 saturated heterocycles. The van der Waals surface area contributed by atoms with Crippen LogP contribution in [-0.4, -0.2) is 37.7 Å². The highest BCUT2D eigenvalue weighted by molar-refractivity contribution is 7.90. The molecule has 0 aliphatic carbocycles. The molecule has 0 spiro atoms. The van der Waals surface area contributed by atoms with Crippen LogP contribution < -0.4 is 5.32 Å².